The van der Waals surface area contributed by atoms with Gasteiger partial charge in [0.05, 0.1) is 0 Å². The Morgan fingerprint density at radius 1 is 0.692 bits per heavy atom. The van der Waals surface area contributed by atoms with Crippen LogP contribution in [0.15, 0.2) is 0 Å². The van der Waals surface area contributed by atoms with Gasteiger partial charge in [0, 0.05) is 25.2 Å². The van der Waals surface area contributed by atoms with E-state index in [1.54, 1.807) is 0 Å². The molecule has 0 amide bonds. The van der Waals surface area contributed by atoms with Crippen LogP contribution in [-0.4, -0.2) is 48.1 Å². The lowest BCUT2D eigenvalue weighted by Crippen LogP contribution is -2.41. The molecular weight excluding hydrogens is 160 g/mol. The van der Waals surface area contributed by atoms with Crippen molar-refractivity contribution in [1.29, 1.82) is 0 Å². The summed E-state index contributed by atoms with van der Waals surface area (Å²) in [5.74, 6) is 0. The Labute approximate surface area is 82.9 Å². The Hall–Kier alpha value is -0.0800. The van der Waals surface area contributed by atoms with E-state index in [9.17, 15) is 0 Å². The second-order valence-electron chi connectivity index (χ2n) is 4.61. The minimum absolute atomic E-state index is 0.786. The summed E-state index contributed by atoms with van der Waals surface area (Å²) in [6.07, 6.45) is 1.41. The molecule has 0 unspecified atom stereocenters. The van der Waals surface area contributed by atoms with E-state index in [-0.39, 0.29) is 0 Å². The molecule has 0 radical (unpaired) electrons. The smallest absolute Gasteiger partial charge is 0.0113 e. The van der Waals surface area contributed by atoms with Crippen LogP contribution in [0.3, 0.4) is 0 Å². The largest absolute Gasteiger partial charge is 0.301 e. The molecule has 0 saturated carbocycles. The molecule has 0 aliphatic carbocycles. The normalized spacial score (nSPS) is 22.6. The third-order valence-corrected chi connectivity index (χ3v) is 2.83. The van der Waals surface area contributed by atoms with E-state index in [4.69, 9.17) is 0 Å². The molecule has 0 aromatic carbocycles. The average Bonchev–Trinajstić information content (AvgIpc) is 2.60. The van der Waals surface area contributed by atoms with Crippen LogP contribution in [0.2, 0.25) is 0 Å². The lowest BCUT2D eigenvalue weighted by Gasteiger charge is -2.34. The summed E-state index contributed by atoms with van der Waals surface area (Å²) in [7, 11) is 0. The third kappa shape index (κ3) is 4.10. The van der Waals surface area contributed by atoms with Gasteiger partial charge in [-0.1, -0.05) is 0 Å². The van der Waals surface area contributed by atoms with E-state index in [0.717, 1.165) is 12.1 Å². The molecule has 2 heterocycles. The van der Waals surface area contributed by atoms with Gasteiger partial charge in [0.1, 0.15) is 0 Å². The first-order valence-electron chi connectivity index (χ1n) is 5.59. The highest BCUT2D eigenvalue weighted by Crippen LogP contribution is 2.09. The van der Waals surface area contributed by atoms with Crippen LogP contribution >= 0.6 is 0 Å². The van der Waals surface area contributed by atoms with Crippen LogP contribution in [0.1, 0.15) is 34.1 Å². The summed E-state index contributed by atoms with van der Waals surface area (Å²) in [4.78, 5) is 4.89. The first-order valence-corrected chi connectivity index (χ1v) is 5.59. The predicted molar refractivity (Wildman–Crippen MR) is 58.0 cm³/mol. The molecule has 2 nitrogen and oxygen atoms in total. The highest BCUT2D eigenvalue weighted by atomic mass is 15.3. The molecule has 2 aliphatic heterocycles. The van der Waals surface area contributed by atoms with Gasteiger partial charge >= 0.3 is 0 Å². The summed E-state index contributed by atoms with van der Waals surface area (Å²) < 4.78 is 0. The number of hydrogen-bond donors (Lipinski definition) is 0. The van der Waals surface area contributed by atoms with Crippen LogP contribution in [0.5, 0.6) is 0 Å². The van der Waals surface area contributed by atoms with E-state index < -0.39 is 0 Å². The van der Waals surface area contributed by atoms with Gasteiger partial charge in [0.15, 0.2) is 0 Å². The topological polar surface area (TPSA) is 6.25 Å². The fourth-order valence-electron chi connectivity index (χ4n) is 1.43. The van der Waals surface area contributed by atoms with Crippen LogP contribution in [0.4, 0.5) is 0 Å². The molecule has 2 fully saturated rings. The standard InChI is InChI=1S/C6H13N.C5H11N/c1-6(2)7-4-3-5-7;1-5(2)6-3-4-6/h6H,3-5H2,1-2H3;5H,3-4H2,1-2H3. The van der Waals surface area contributed by atoms with Crippen LogP contribution in [0.25, 0.3) is 0 Å². The van der Waals surface area contributed by atoms with Crippen molar-refractivity contribution in [2.75, 3.05) is 26.2 Å². The highest BCUT2D eigenvalue weighted by Gasteiger charge is 2.19. The van der Waals surface area contributed by atoms with Crippen molar-refractivity contribution in [3.8, 4) is 0 Å². The lowest BCUT2D eigenvalue weighted by atomic mass is 10.2. The minimum atomic E-state index is 0.786. The van der Waals surface area contributed by atoms with Crippen molar-refractivity contribution < 1.29 is 0 Å². The summed E-state index contributed by atoms with van der Waals surface area (Å²) in [6, 6.07) is 1.58. The van der Waals surface area contributed by atoms with Gasteiger partial charge in [-0.3, -0.25) is 4.90 Å². The average molecular weight is 184 g/mol. The number of rotatable bonds is 2. The van der Waals surface area contributed by atoms with Gasteiger partial charge in [-0.2, -0.15) is 0 Å². The number of likely N-dealkylation sites (tertiary alicyclic amines) is 1. The zero-order valence-corrected chi connectivity index (χ0v) is 9.58. The first-order chi connectivity index (χ1) is 6.11. The molecule has 78 valence electrons. The van der Waals surface area contributed by atoms with Gasteiger partial charge in [0.25, 0.3) is 0 Å². The minimum Gasteiger partial charge on any atom is -0.301 e. The van der Waals surface area contributed by atoms with Gasteiger partial charge in [0.2, 0.25) is 0 Å². The molecule has 0 spiro atoms. The maximum Gasteiger partial charge on any atom is 0.0113 e. The molecule has 2 rings (SSSR count). The Kier molecular flexibility index (Phi) is 4.20. The molecule has 13 heavy (non-hydrogen) atoms. The second kappa shape index (κ2) is 4.97. The van der Waals surface area contributed by atoms with Crippen molar-refractivity contribution in [3.63, 3.8) is 0 Å². The summed E-state index contributed by atoms with van der Waals surface area (Å²) in [5.41, 5.74) is 0. The molecule has 2 heteroatoms. The van der Waals surface area contributed by atoms with Gasteiger partial charge in [-0.25, -0.2) is 0 Å². The van der Waals surface area contributed by atoms with E-state index in [1.807, 2.05) is 0 Å². The fraction of sp³-hybridized carbons (Fsp3) is 1.00. The predicted octanol–water partition coefficient (Wildman–Crippen LogP) is 1.81. The molecular formula is C11H24N2. The lowest BCUT2D eigenvalue weighted by molar-refractivity contribution is 0.138. The molecule has 0 aromatic rings. The summed E-state index contributed by atoms with van der Waals surface area (Å²) >= 11 is 0. The zero-order valence-electron chi connectivity index (χ0n) is 9.58. The van der Waals surface area contributed by atoms with Crippen molar-refractivity contribution >= 4 is 0 Å². The molecule has 0 aromatic heterocycles. The van der Waals surface area contributed by atoms with Crippen molar-refractivity contribution in [2.24, 2.45) is 0 Å². The molecule has 2 aliphatic rings. The quantitative estimate of drug-likeness (QED) is 0.604. The van der Waals surface area contributed by atoms with Crippen LogP contribution in [0, 0.1) is 0 Å². The maximum atomic E-state index is 2.47. The molecule has 0 atom stereocenters. The summed E-state index contributed by atoms with van der Waals surface area (Å²) in [6.45, 7) is 14.3. The first kappa shape index (κ1) is 11.0. The molecule has 2 saturated heterocycles. The van der Waals surface area contributed by atoms with Crippen molar-refractivity contribution in [3.05, 3.63) is 0 Å². The SMILES string of the molecule is CC(C)N1CC1.CC(C)N1CCC1. The third-order valence-electron chi connectivity index (χ3n) is 2.83. The van der Waals surface area contributed by atoms with E-state index in [2.05, 4.69) is 37.5 Å². The Bertz CT molecular complexity index is 135. The summed E-state index contributed by atoms with van der Waals surface area (Å²) in [5, 5.41) is 0. The molecule has 0 bridgehead atoms. The van der Waals surface area contributed by atoms with E-state index >= 15 is 0 Å². The van der Waals surface area contributed by atoms with Gasteiger partial charge in [-0.05, 0) is 47.2 Å². The zero-order chi connectivity index (χ0) is 9.84. The number of hydrogen-bond acceptors (Lipinski definition) is 2. The second-order valence-corrected chi connectivity index (χ2v) is 4.61. The van der Waals surface area contributed by atoms with E-state index in [0.29, 0.717) is 0 Å². The van der Waals surface area contributed by atoms with Crippen LogP contribution < -0.4 is 0 Å². The van der Waals surface area contributed by atoms with Crippen LogP contribution in [-0.2, 0) is 0 Å². The highest BCUT2D eigenvalue weighted by molar-refractivity contribution is 4.75. The monoisotopic (exact) mass is 184 g/mol. The fourth-order valence-corrected chi connectivity index (χ4v) is 1.43. The Balaban J connectivity index is 0.000000132. The van der Waals surface area contributed by atoms with Crippen molar-refractivity contribution in [1.82, 2.24) is 9.80 Å². The van der Waals surface area contributed by atoms with Gasteiger partial charge in [-0.15, -0.1) is 0 Å². The Morgan fingerprint density at radius 3 is 1.08 bits per heavy atom. The van der Waals surface area contributed by atoms with Gasteiger partial charge < -0.3 is 4.90 Å². The Morgan fingerprint density at radius 2 is 1.08 bits per heavy atom. The van der Waals surface area contributed by atoms with Crippen molar-refractivity contribution in [2.45, 2.75) is 46.2 Å². The van der Waals surface area contributed by atoms with E-state index in [1.165, 1.54) is 32.6 Å². The maximum absolute atomic E-state index is 2.47. The molecule has 0 N–H and O–H groups in total. The number of nitrogens with zero attached hydrogens (tertiary/aromatic N) is 2.